The second-order valence-electron chi connectivity index (χ2n) is 6.98. The van der Waals surface area contributed by atoms with Gasteiger partial charge >= 0.3 is 0 Å². The van der Waals surface area contributed by atoms with E-state index in [4.69, 9.17) is 11.6 Å². The predicted octanol–water partition coefficient (Wildman–Crippen LogP) is 4.52. The van der Waals surface area contributed by atoms with Gasteiger partial charge in [-0.3, -0.25) is 14.3 Å². The first-order chi connectivity index (χ1) is 14.2. The molecule has 29 heavy (non-hydrogen) atoms. The molecule has 1 N–H and O–H groups in total. The Morgan fingerprint density at radius 2 is 1.93 bits per heavy atom. The van der Waals surface area contributed by atoms with E-state index in [0.717, 1.165) is 35.1 Å². The van der Waals surface area contributed by atoms with Crippen molar-refractivity contribution in [2.24, 2.45) is 0 Å². The highest BCUT2D eigenvalue weighted by Crippen LogP contribution is 2.38. The molecule has 0 unspecified atom stereocenters. The molecule has 4 rings (SSSR count). The number of carbonyl (C=O) groups is 1. The fourth-order valence-corrected chi connectivity index (χ4v) is 4.62. The Balaban J connectivity index is 1.48. The Morgan fingerprint density at radius 3 is 2.69 bits per heavy atom. The van der Waals surface area contributed by atoms with Gasteiger partial charge < -0.3 is 5.32 Å². The summed E-state index contributed by atoms with van der Waals surface area (Å²) < 4.78 is 2.17. The Hall–Kier alpha value is -2.38. The molecule has 0 saturated heterocycles. The van der Waals surface area contributed by atoms with Gasteiger partial charge in [0, 0.05) is 17.8 Å². The zero-order valence-electron chi connectivity index (χ0n) is 15.9. The van der Waals surface area contributed by atoms with Crippen molar-refractivity contribution in [3.05, 3.63) is 59.4 Å². The van der Waals surface area contributed by atoms with Crippen LogP contribution < -0.4 is 5.32 Å². The zero-order valence-corrected chi connectivity index (χ0v) is 17.5. The van der Waals surface area contributed by atoms with E-state index in [9.17, 15) is 4.79 Å². The van der Waals surface area contributed by atoms with Gasteiger partial charge in [-0.2, -0.15) is 0 Å². The standard InChI is InChI=1S/C21H22ClN5OS/c22-18-11-4-3-10-17(18)20-25-26-21(27(20)16-8-1-2-9-16)29-14-19(28)24-13-15-7-5-6-12-23-15/h3-7,10-12,16H,1-2,8-9,13-14H2,(H,24,28). The largest absolute Gasteiger partial charge is 0.350 e. The number of nitrogens with zero attached hydrogens (tertiary/aromatic N) is 4. The van der Waals surface area contributed by atoms with Crippen molar-refractivity contribution in [3.63, 3.8) is 0 Å². The second kappa shape index (κ2) is 9.41. The molecule has 1 aliphatic carbocycles. The van der Waals surface area contributed by atoms with E-state index in [1.54, 1.807) is 6.20 Å². The molecule has 3 aromatic rings. The van der Waals surface area contributed by atoms with Gasteiger partial charge in [0.05, 0.1) is 23.0 Å². The van der Waals surface area contributed by atoms with Gasteiger partial charge in [-0.05, 0) is 37.1 Å². The highest BCUT2D eigenvalue weighted by molar-refractivity contribution is 7.99. The third-order valence-electron chi connectivity index (χ3n) is 4.99. The normalized spacial score (nSPS) is 14.2. The van der Waals surface area contributed by atoms with Crippen molar-refractivity contribution in [1.82, 2.24) is 25.1 Å². The van der Waals surface area contributed by atoms with Crippen LogP contribution in [0.3, 0.4) is 0 Å². The number of rotatable bonds is 7. The van der Waals surface area contributed by atoms with Crippen LogP contribution in [0, 0.1) is 0 Å². The summed E-state index contributed by atoms with van der Waals surface area (Å²) in [6.45, 7) is 0.417. The van der Waals surface area contributed by atoms with Crippen LogP contribution in [0.25, 0.3) is 11.4 Å². The summed E-state index contributed by atoms with van der Waals surface area (Å²) in [5.41, 5.74) is 1.71. The van der Waals surface area contributed by atoms with Crippen molar-refractivity contribution in [2.45, 2.75) is 43.4 Å². The quantitative estimate of drug-likeness (QED) is 0.561. The molecule has 8 heteroatoms. The van der Waals surface area contributed by atoms with Crippen LogP contribution in [-0.4, -0.2) is 31.4 Å². The minimum absolute atomic E-state index is 0.0547. The average molecular weight is 428 g/mol. The Bertz CT molecular complexity index is 972. The third kappa shape index (κ3) is 4.79. The summed E-state index contributed by atoms with van der Waals surface area (Å²) in [5, 5.41) is 13.1. The molecule has 1 saturated carbocycles. The van der Waals surface area contributed by atoms with Gasteiger partial charge in [0.2, 0.25) is 5.91 Å². The summed E-state index contributed by atoms with van der Waals surface area (Å²) >= 11 is 7.83. The van der Waals surface area contributed by atoms with E-state index in [2.05, 4.69) is 25.1 Å². The topological polar surface area (TPSA) is 72.7 Å². The fourth-order valence-electron chi connectivity index (χ4n) is 3.57. The molecule has 0 spiro atoms. The number of hydrogen-bond acceptors (Lipinski definition) is 5. The molecule has 1 amide bonds. The van der Waals surface area contributed by atoms with Crippen LogP contribution in [0.15, 0.2) is 53.8 Å². The van der Waals surface area contributed by atoms with E-state index < -0.39 is 0 Å². The molecule has 2 aromatic heterocycles. The van der Waals surface area contributed by atoms with Gasteiger partial charge in [0.1, 0.15) is 0 Å². The van der Waals surface area contributed by atoms with E-state index in [0.29, 0.717) is 17.6 Å². The molecule has 1 aliphatic rings. The predicted molar refractivity (Wildman–Crippen MR) is 115 cm³/mol. The van der Waals surface area contributed by atoms with Crippen molar-refractivity contribution in [1.29, 1.82) is 0 Å². The monoisotopic (exact) mass is 427 g/mol. The fraction of sp³-hybridized carbons (Fsp3) is 0.333. The lowest BCUT2D eigenvalue weighted by atomic mass is 10.2. The minimum Gasteiger partial charge on any atom is -0.350 e. The van der Waals surface area contributed by atoms with Crippen LogP contribution >= 0.6 is 23.4 Å². The first-order valence-corrected chi connectivity index (χ1v) is 11.1. The molecular formula is C21H22ClN5OS. The molecule has 1 fully saturated rings. The molecule has 150 valence electrons. The average Bonchev–Trinajstić information content (AvgIpc) is 3.41. The van der Waals surface area contributed by atoms with Crippen LogP contribution in [-0.2, 0) is 11.3 Å². The van der Waals surface area contributed by atoms with Crippen LogP contribution in [0.5, 0.6) is 0 Å². The number of carbonyl (C=O) groups excluding carboxylic acids is 1. The first kappa shape index (κ1) is 19.9. The maximum absolute atomic E-state index is 12.3. The Morgan fingerprint density at radius 1 is 1.14 bits per heavy atom. The minimum atomic E-state index is -0.0547. The number of benzene rings is 1. The van der Waals surface area contributed by atoms with Crippen molar-refractivity contribution in [3.8, 4) is 11.4 Å². The summed E-state index contributed by atoms with van der Waals surface area (Å²) in [4.78, 5) is 16.5. The molecule has 0 bridgehead atoms. The highest BCUT2D eigenvalue weighted by atomic mass is 35.5. The summed E-state index contributed by atoms with van der Waals surface area (Å²) in [6, 6.07) is 13.7. The molecule has 1 aromatic carbocycles. The van der Waals surface area contributed by atoms with Gasteiger partial charge in [0.25, 0.3) is 0 Å². The highest BCUT2D eigenvalue weighted by Gasteiger charge is 2.26. The number of nitrogens with one attached hydrogen (secondary N) is 1. The van der Waals surface area contributed by atoms with E-state index in [-0.39, 0.29) is 11.7 Å². The maximum atomic E-state index is 12.3. The molecular weight excluding hydrogens is 406 g/mol. The lowest BCUT2D eigenvalue weighted by Crippen LogP contribution is -2.25. The maximum Gasteiger partial charge on any atom is 0.230 e. The van der Waals surface area contributed by atoms with Crippen LogP contribution in [0.2, 0.25) is 5.02 Å². The molecule has 6 nitrogen and oxygen atoms in total. The zero-order chi connectivity index (χ0) is 20.1. The van der Waals surface area contributed by atoms with E-state index >= 15 is 0 Å². The van der Waals surface area contributed by atoms with Gasteiger partial charge in [0.15, 0.2) is 11.0 Å². The van der Waals surface area contributed by atoms with E-state index in [1.807, 2.05) is 42.5 Å². The smallest absolute Gasteiger partial charge is 0.230 e. The number of amides is 1. The van der Waals surface area contributed by atoms with Gasteiger partial charge in [-0.1, -0.05) is 54.4 Å². The Labute approximate surface area is 179 Å². The third-order valence-corrected chi connectivity index (χ3v) is 6.27. The first-order valence-electron chi connectivity index (χ1n) is 9.71. The molecule has 0 atom stereocenters. The molecule has 0 radical (unpaired) electrons. The number of halogens is 1. The van der Waals surface area contributed by atoms with E-state index in [1.165, 1.54) is 24.6 Å². The SMILES string of the molecule is O=C(CSc1nnc(-c2ccccc2Cl)n1C1CCCC1)NCc1ccccn1. The number of pyridine rings is 1. The lowest BCUT2D eigenvalue weighted by molar-refractivity contribution is -0.118. The molecule has 0 aliphatic heterocycles. The molecule has 2 heterocycles. The van der Waals surface area contributed by atoms with Gasteiger partial charge in [-0.15, -0.1) is 10.2 Å². The van der Waals surface area contributed by atoms with Crippen LogP contribution in [0.1, 0.15) is 37.4 Å². The number of hydrogen-bond donors (Lipinski definition) is 1. The lowest BCUT2D eigenvalue weighted by Gasteiger charge is -2.17. The summed E-state index contributed by atoms with van der Waals surface area (Å²) in [7, 11) is 0. The van der Waals surface area contributed by atoms with Crippen molar-refractivity contribution < 1.29 is 4.79 Å². The van der Waals surface area contributed by atoms with Crippen molar-refractivity contribution >= 4 is 29.3 Å². The second-order valence-corrected chi connectivity index (χ2v) is 8.33. The number of thioether (sulfide) groups is 1. The van der Waals surface area contributed by atoms with Gasteiger partial charge in [-0.25, -0.2) is 0 Å². The van der Waals surface area contributed by atoms with Crippen molar-refractivity contribution in [2.75, 3.05) is 5.75 Å². The summed E-state index contributed by atoms with van der Waals surface area (Å²) in [6.07, 6.45) is 6.29. The Kier molecular flexibility index (Phi) is 6.46. The van der Waals surface area contributed by atoms with Crippen LogP contribution in [0.4, 0.5) is 0 Å². The summed E-state index contributed by atoms with van der Waals surface area (Å²) in [5.74, 6) is 1.00. The number of aromatic nitrogens is 4.